The summed E-state index contributed by atoms with van der Waals surface area (Å²) in [5.41, 5.74) is 0.591. The van der Waals surface area contributed by atoms with Crippen molar-refractivity contribution in [3.05, 3.63) is 76.4 Å². The Balaban J connectivity index is 1.34. The summed E-state index contributed by atoms with van der Waals surface area (Å²) in [5, 5.41) is 2.88. The van der Waals surface area contributed by atoms with Crippen molar-refractivity contribution in [2.24, 2.45) is 17.8 Å². The van der Waals surface area contributed by atoms with E-state index in [9.17, 15) is 9.59 Å². The molecular weight excluding hydrogens is 330 g/mol. The zero-order valence-corrected chi connectivity index (χ0v) is 14.4. The summed E-state index contributed by atoms with van der Waals surface area (Å²) in [6.45, 7) is 0.884. The summed E-state index contributed by atoms with van der Waals surface area (Å²) in [5.74, 6) is 1.48. The molecule has 4 rings (SSSR count). The van der Waals surface area contributed by atoms with E-state index in [-0.39, 0.29) is 29.5 Å². The van der Waals surface area contributed by atoms with Crippen LogP contribution in [0.25, 0.3) is 0 Å². The Kier molecular flexibility index (Phi) is 4.61. The van der Waals surface area contributed by atoms with Crippen LogP contribution in [0.15, 0.2) is 64.0 Å². The Morgan fingerprint density at radius 3 is 2.73 bits per heavy atom. The molecule has 2 aliphatic carbocycles. The first kappa shape index (κ1) is 16.6. The third-order valence-corrected chi connectivity index (χ3v) is 5.20. The van der Waals surface area contributed by atoms with E-state index in [4.69, 9.17) is 9.15 Å². The maximum Gasteiger partial charge on any atom is 0.287 e. The Morgan fingerprint density at radius 2 is 2.04 bits per heavy atom. The number of allylic oxidation sites excluding steroid dienone is 2. The molecule has 1 amide bonds. The summed E-state index contributed by atoms with van der Waals surface area (Å²) in [4.78, 5) is 24.4. The van der Waals surface area contributed by atoms with Gasteiger partial charge in [-0.1, -0.05) is 42.5 Å². The second-order valence-corrected chi connectivity index (χ2v) is 7.00. The summed E-state index contributed by atoms with van der Waals surface area (Å²) in [6, 6.07) is 10.7. The van der Waals surface area contributed by atoms with Gasteiger partial charge >= 0.3 is 0 Å². The summed E-state index contributed by atoms with van der Waals surface area (Å²) in [6.07, 6.45) is 8.06. The van der Waals surface area contributed by atoms with Gasteiger partial charge in [0.25, 0.3) is 5.91 Å². The van der Waals surface area contributed by atoms with Gasteiger partial charge in [-0.15, -0.1) is 0 Å². The van der Waals surface area contributed by atoms with Gasteiger partial charge in [-0.25, -0.2) is 0 Å². The number of amides is 1. The van der Waals surface area contributed by atoms with Crippen LogP contribution in [0.4, 0.5) is 0 Å². The number of rotatable bonds is 6. The van der Waals surface area contributed by atoms with Crippen LogP contribution in [-0.4, -0.2) is 12.5 Å². The van der Waals surface area contributed by atoms with Gasteiger partial charge in [-0.05, 0) is 36.2 Å². The van der Waals surface area contributed by atoms with Gasteiger partial charge in [0.05, 0.1) is 0 Å². The molecule has 0 radical (unpaired) electrons. The van der Waals surface area contributed by atoms with Crippen LogP contribution in [0.3, 0.4) is 0 Å². The van der Waals surface area contributed by atoms with E-state index >= 15 is 0 Å². The second-order valence-electron chi connectivity index (χ2n) is 7.00. The first-order valence-corrected chi connectivity index (χ1v) is 8.95. The van der Waals surface area contributed by atoms with Crippen LogP contribution in [0, 0.1) is 17.8 Å². The molecule has 1 N–H and O–H groups in total. The van der Waals surface area contributed by atoms with E-state index in [1.54, 1.807) is 0 Å². The molecule has 2 aromatic rings. The van der Waals surface area contributed by atoms with Crippen molar-refractivity contribution in [2.45, 2.75) is 19.4 Å². The summed E-state index contributed by atoms with van der Waals surface area (Å²) in [7, 11) is 0. The van der Waals surface area contributed by atoms with Gasteiger partial charge in [0.1, 0.15) is 12.9 Å². The zero-order valence-electron chi connectivity index (χ0n) is 14.4. The van der Waals surface area contributed by atoms with Crippen LogP contribution in [0.1, 0.15) is 29.0 Å². The quantitative estimate of drug-likeness (QED) is 0.812. The van der Waals surface area contributed by atoms with Crippen molar-refractivity contribution in [3.63, 3.8) is 0 Å². The predicted molar refractivity (Wildman–Crippen MR) is 96.9 cm³/mol. The third kappa shape index (κ3) is 3.57. The molecule has 5 heteroatoms. The highest BCUT2D eigenvalue weighted by Crippen LogP contribution is 2.42. The van der Waals surface area contributed by atoms with Crippen LogP contribution < -0.4 is 15.5 Å². The lowest BCUT2D eigenvalue weighted by Gasteiger charge is -2.18. The van der Waals surface area contributed by atoms with Crippen molar-refractivity contribution in [3.8, 4) is 5.75 Å². The highest BCUT2D eigenvalue weighted by atomic mass is 16.5. The maximum absolute atomic E-state index is 12.2. The standard InChI is InChI=1S/C21H21NO4/c23-18-10-19(21(24)22-11-17-9-15-6-7-16(17)8-15)26-13-20(18)25-12-14-4-2-1-3-5-14/h1-7,10,13,15-17H,8-9,11-12H2,(H,22,24)/t15-,16+,17-/m1/s1. The summed E-state index contributed by atoms with van der Waals surface area (Å²) < 4.78 is 10.8. The average molecular weight is 351 g/mol. The van der Waals surface area contributed by atoms with Gasteiger partial charge in [-0.3, -0.25) is 9.59 Å². The molecule has 26 heavy (non-hydrogen) atoms. The maximum atomic E-state index is 12.2. The largest absolute Gasteiger partial charge is 0.482 e. The smallest absolute Gasteiger partial charge is 0.287 e. The number of carbonyl (C=O) groups excluding carboxylic acids is 1. The van der Waals surface area contributed by atoms with E-state index in [0.717, 1.165) is 12.0 Å². The highest BCUT2D eigenvalue weighted by molar-refractivity contribution is 5.91. The van der Waals surface area contributed by atoms with Crippen LogP contribution in [-0.2, 0) is 6.61 Å². The Hall–Kier alpha value is -2.82. The first-order chi connectivity index (χ1) is 12.7. The number of fused-ring (bicyclic) bond motifs is 2. The van der Waals surface area contributed by atoms with E-state index in [1.807, 2.05) is 30.3 Å². The van der Waals surface area contributed by atoms with Crippen molar-refractivity contribution in [2.75, 3.05) is 6.54 Å². The van der Waals surface area contributed by atoms with E-state index in [2.05, 4.69) is 17.5 Å². The molecular formula is C21H21NO4. The molecule has 1 heterocycles. The zero-order chi connectivity index (χ0) is 17.9. The number of ether oxygens (including phenoxy) is 1. The molecule has 2 aliphatic rings. The number of nitrogens with one attached hydrogen (secondary N) is 1. The summed E-state index contributed by atoms with van der Waals surface area (Å²) >= 11 is 0. The van der Waals surface area contributed by atoms with Crippen molar-refractivity contribution in [1.82, 2.24) is 5.32 Å². The fourth-order valence-corrected chi connectivity index (χ4v) is 3.80. The van der Waals surface area contributed by atoms with Crippen molar-refractivity contribution >= 4 is 5.91 Å². The molecule has 1 aromatic carbocycles. The van der Waals surface area contributed by atoms with E-state index in [0.29, 0.717) is 24.3 Å². The molecule has 1 aromatic heterocycles. The number of hydrogen-bond acceptors (Lipinski definition) is 4. The number of hydrogen-bond donors (Lipinski definition) is 1. The van der Waals surface area contributed by atoms with Gasteiger partial charge < -0.3 is 14.5 Å². The molecule has 2 bridgehead atoms. The second kappa shape index (κ2) is 7.20. The molecule has 134 valence electrons. The lowest BCUT2D eigenvalue weighted by atomic mass is 9.93. The topological polar surface area (TPSA) is 68.5 Å². The number of carbonyl (C=O) groups is 1. The molecule has 1 fully saturated rings. The van der Waals surface area contributed by atoms with Crippen molar-refractivity contribution < 1.29 is 13.9 Å². The van der Waals surface area contributed by atoms with E-state index < -0.39 is 0 Å². The Morgan fingerprint density at radius 1 is 1.19 bits per heavy atom. The van der Waals surface area contributed by atoms with Gasteiger partial charge in [0.2, 0.25) is 11.2 Å². The van der Waals surface area contributed by atoms with E-state index in [1.165, 1.54) is 18.8 Å². The molecule has 1 saturated carbocycles. The Labute approximate surface area is 151 Å². The predicted octanol–water partition coefficient (Wildman–Crippen LogP) is 3.16. The van der Waals surface area contributed by atoms with Gasteiger partial charge in [0.15, 0.2) is 5.76 Å². The third-order valence-electron chi connectivity index (χ3n) is 5.20. The average Bonchev–Trinajstić information content (AvgIpc) is 3.29. The highest BCUT2D eigenvalue weighted by Gasteiger charge is 2.35. The van der Waals surface area contributed by atoms with Crippen LogP contribution in [0.2, 0.25) is 0 Å². The molecule has 3 atom stereocenters. The molecule has 0 spiro atoms. The number of benzene rings is 1. The molecule has 0 saturated heterocycles. The minimum Gasteiger partial charge on any atom is -0.482 e. The molecule has 0 unspecified atom stereocenters. The SMILES string of the molecule is O=C(NC[C@H]1C[C@@H]2C=C[C@H]1C2)c1cc(=O)c(OCc2ccccc2)co1. The minimum absolute atomic E-state index is 0.0146. The fraction of sp³-hybridized carbons (Fsp3) is 0.333. The van der Waals surface area contributed by atoms with Gasteiger partial charge in [0, 0.05) is 12.6 Å². The lowest BCUT2D eigenvalue weighted by molar-refractivity contribution is 0.0913. The van der Waals surface area contributed by atoms with Crippen LogP contribution in [0.5, 0.6) is 5.75 Å². The minimum atomic E-state index is -0.361. The molecule has 5 nitrogen and oxygen atoms in total. The van der Waals surface area contributed by atoms with Gasteiger partial charge in [-0.2, -0.15) is 0 Å². The molecule has 0 aliphatic heterocycles. The van der Waals surface area contributed by atoms with Crippen molar-refractivity contribution in [1.29, 1.82) is 0 Å². The lowest BCUT2D eigenvalue weighted by Crippen LogP contribution is -2.31. The van der Waals surface area contributed by atoms with Crippen LogP contribution >= 0.6 is 0 Å². The Bertz CT molecular complexity index is 871. The normalized spacial score (nSPS) is 23.2. The first-order valence-electron chi connectivity index (χ1n) is 8.95. The fourth-order valence-electron chi connectivity index (χ4n) is 3.80. The monoisotopic (exact) mass is 351 g/mol.